The zero-order valence-electron chi connectivity index (χ0n) is 10.5. The number of rotatable bonds is 4. The van der Waals surface area contributed by atoms with Crippen LogP contribution in [0.2, 0.25) is 0 Å². The molecule has 0 atom stereocenters. The van der Waals surface area contributed by atoms with Gasteiger partial charge in [-0.3, -0.25) is 4.79 Å². The second kappa shape index (κ2) is 5.89. The lowest BCUT2D eigenvalue weighted by molar-refractivity contribution is 0.0922. The number of ether oxygens (including phenoxy) is 1. The molecule has 0 radical (unpaired) electrons. The van der Waals surface area contributed by atoms with E-state index in [9.17, 15) is 4.79 Å². The van der Waals surface area contributed by atoms with Gasteiger partial charge in [-0.2, -0.15) is 0 Å². The number of benzene rings is 2. The molecule has 0 aromatic heterocycles. The van der Waals surface area contributed by atoms with Crippen molar-refractivity contribution < 1.29 is 9.53 Å². The van der Waals surface area contributed by atoms with Gasteiger partial charge in [-0.05, 0) is 36.8 Å². The van der Waals surface area contributed by atoms with Gasteiger partial charge in [-0.15, -0.1) is 0 Å². The molecular formula is C15H14BrNO2. The first-order chi connectivity index (χ1) is 9.06. The average molecular weight is 320 g/mol. The van der Waals surface area contributed by atoms with Crippen molar-refractivity contribution >= 4 is 27.4 Å². The highest BCUT2D eigenvalue weighted by atomic mass is 79.9. The molecule has 0 bridgehead atoms. The van der Waals surface area contributed by atoms with Crippen LogP contribution in [0.5, 0.6) is 5.75 Å². The number of Topliss-reactive ketones (excluding diaryl/α,β-unsaturated/α-hetero) is 1. The molecule has 0 saturated heterocycles. The van der Waals surface area contributed by atoms with Gasteiger partial charge in [0.1, 0.15) is 5.75 Å². The molecule has 0 aliphatic carbocycles. The maximum Gasteiger partial charge on any atom is 0.200 e. The zero-order valence-corrected chi connectivity index (χ0v) is 12.1. The summed E-state index contributed by atoms with van der Waals surface area (Å²) in [4.78, 5) is 11.9. The van der Waals surface area contributed by atoms with Crippen LogP contribution in [0.1, 0.15) is 15.9 Å². The number of nitrogen functional groups attached to an aromatic ring is 1. The molecule has 3 nitrogen and oxygen atoms in total. The highest BCUT2D eigenvalue weighted by molar-refractivity contribution is 9.10. The molecule has 98 valence electrons. The van der Waals surface area contributed by atoms with E-state index >= 15 is 0 Å². The van der Waals surface area contributed by atoms with Gasteiger partial charge in [0.2, 0.25) is 0 Å². The number of hydrogen-bond donors (Lipinski definition) is 1. The highest BCUT2D eigenvalue weighted by Crippen LogP contribution is 2.22. The van der Waals surface area contributed by atoms with Gasteiger partial charge in [0, 0.05) is 10.0 Å². The Labute approximate surface area is 120 Å². The quantitative estimate of drug-likeness (QED) is 0.692. The lowest BCUT2D eigenvalue weighted by Crippen LogP contribution is -2.12. The van der Waals surface area contributed by atoms with Crippen molar-refractivity contribution in [2.45, 2.75) is 6.92 Å². The Morgan fingerprint density at radius 1 is 1.21 bits per heavy atom. The first kappa shape index (κ1) is 13.6. The molecular weight excluding hydrogens is 306 g/mol. The standard InChI is InChI=1S/C15H14BrNO2/c1-10-2-7-15(13(17)8-10)19-9-14(18)11-3-5-12(16)6-4-11/h2-8H,9,17H2,1H3. The summed E-state index contributed by atoms with van der Waals surface area (Å²) in [6.07, 6.45) is 0. The summed E-state index contributed by atoms with van der Waals surface area (Å²) < 4.78 is 6.39. The van der Waals surface area contributed by atoms with E-state index < -0.39 is 0 Å². The Hall–Kier alpha value is -1.81. The summed E-state index contributed by atoms with van der Waals surface area (Å²) in [5.41, 5.74) is 8.05. The summed E-state index contributed by atoms with van der Waals surface area (Å²) in [5, 5.41) is 0. The van der Waals surface area contributed by atoms with Crippen LogP contribution < -0.4 is 10.5 Å². The molecule has 19 heavy (non-hydrogen) atoms. The number of halogens is 1. The number of aryl methyl sites for hydroxylation is 1. The van der Waals surface area contributed by atoms with Gasteiger partial charge >= 0.3 is 0 Å². The zero-order chi connectivity index (χ0) is 13.8. The number of ketones is 1. The Bertz CT molecular complexity index is 594. The van der Waals surface area contributed by atoms with Crippen LogP contribution in [0.25, 0.3) is 0 Å². The van der Waals surface area contributed by atoms with Crippen molar-refractivity contribution in [3.8, 4) is 5.75 Å². The third-order valence-corrected chi connectivity index (χ3v) is 3.22. The topological polar surface area (TPSA) is 52.3 Å². The number of nitrogens with two attached hydrogens (primary N) is 1. The van der Waals surface area contributed by atoms with Gasteiger partial charge < -0.3 is 10.5 Å². The molecule has 0 aliphatic heterocycles. The third kappa shape index (κ3) is 3.58. The predicted octanol–water partition coefficient (Wildman–Crippen LogP) is 3.60. The lowest BCUT2D eigenvalue weighted by atomic mass is 10.1. The first-order valence-corrected chi connectivity index (χ1v) is 6.63. The summed E-state index contributed by atoms with van der Waals surface area (Å²) >= 11 is 3.33. The SMILES string of the molecule is Cc1ccc(OCC(=O)c2ccc(Br)cc2)c(N)c1. The van der Waals surface area contributed by atoms with Gasteiger partial charge in [0.15, 0.2) is 12.4 Å². The predicted molar refractivity (Wildman–Crippen MR) is 79.6 cm³/mol. The van der Waals surface area contributed by atoms with E-state index in [0.717, 1.165) is 10.0 Å². The molecule has 2 N–H and O–H groups in total. The van der Waals surface area contributed by atoms with Crippen molar-refractivity contribution in [1.29, 1.82) is 0 Å². The van der Waals surface area contributed by atoms with E-state index in [1.807, 2.05) is 31.2 Å². The van der Waals surface area contributed by atoms with Gasteiger partial charge in [0.25, 0.3) is 0 Å². The number of hydrogen-bond acceptors (Lipinski definition) is 3. The normalized spacial score (nSPS) is 10.2. The monoisotopic (exact) mass is 319 g/mol. The summed E-state index contributed by atoms with van der Waals surface area (Å²) in [6, 6.07) is 12.7. The fourth-order valence-electron chi connectivity index (χ4n) is 1.66. The average Bonchev–Trinajstić information content (AvgIpc) is 2.38. The minimum Gasteiger partial charge on any atom is -0.483 e. The smallest absolute Gasteiger partial charge is 0.200 e. The molecule has 2 rings (SSSR count). The fourth-order valence-corrected chi connectivity index (χ4v) is 1.93. The molecule has 0 heterocycles. The molecule has 0 saturated carbocycles. The second-order valence-electron chi connectivity index (χ2n) is 4.26. The summed E-state index contributed by atoms with van der Waals surface area (Å²) in [6.45, 7) is 1.93. The first-order valence-electron chi connectivity index (χ1n) is 5.84. The summed E-state index contributed by atoms with van der Waals surface area (Å²) in [7, 11) is 0. The van der Waals surface area contributed by atoms with Crippen molar-refractivity contribution in [2.24, 2.45) is 0 Å². The highest BCUT2D eigenvalue weighted by Gasteiger charge is 2.08. The molecule has 4 heteroatoms. The minimum atomic E-state index is -0.0764. The van der Waals surface area contributed by atoms with E-state index in [-0.39, 0.29) is 12.4 Å². The van der Waals surface area contributed by atoms with E-state index in [0.29, 0.717) is 17.0 Å². The van der Waals surface area contributed by atoms with Crippen molar-refractivity contribution in [1.82, 2.24) is 0 Å². The Kier molecular flexibility index (Phi) is 4.22. The molecule has 2 aromatic carbocycles. The molecule has 2 aromatic rings. The van der Waals surface area contributed by atoms with Crippen LogP contribution in [-0.2, 0) is 0 Å². The maximum absolute atomic E-state index is 11.9. The maximum atomic E-state index is 11.9. The van der Waals surface area contributed by atoms with Crippen LogP contribution >= 0.6 is 15.9 Å². The molecule has 0 spiro atoms. The Morgan fingerprint density at radius 3 is 2.53 bits per heavy atom. The molecule has 0 unspecified atom stereocenters. The van der Waals surface area contributed by atoms with Crippen LogP contribution in [0.15, 0.2) is 46.9 Å². The largest absolute Gasteiger partial charge is 0.483 e. The number of carbonyl (C=O) groups is 1. The molecule has 0 amide bonds. The van der Waals surface area contributed by atoms with Crippen LogP contribution in [0, 0.1) is 6.92 Å². The van der Waals surface area contributed by atoms with E-state index in [1.54, 1.807) is 18.2 Å². The number of carbonyl (C=O) groups excluding carboxylic acids is 1. The number of anilines is 1. The van der Waals surface area contributed by atoms with Crippen LogP contribution in [0.3, 0.4) is 0 Å². The van der Waals surface area contributed by atoms with Gasteiger partial charge in [-0.1, -0.05) is 34.1 Å². The minimum absolute atomic E-state index is 0.0190. The molecule has 0 fully saturated rings. The van der Waals surface area contributed by atoms with Gasteiger partial charge in [-0.25, -0.2) is 0 Å². The lowest BCUT2D eigenvalue weighted by Gasteiger charge is -2.09. The van der Waals surface area contributed by atoms with E-state index in [2.05, 4.69) is 15.9 Å². The third-order valence-electron chi connectivity index (χ3n) is 2.69. The van der Waals surface area contributed by atoms with Crippen molar-refractivity contribution in [2.75, 3.05) is 12.3 Å². The van der Waals surface area contributed by atoms with Crippen LogP contribution in [-0.4, -0.2) is 12.4 Å². The van der Waals surface area contributed by atoms with E-state index in [1.165, 1.54) is 0 Å². The van der Waals surface area contributed by atoms with Crippen LogP contribution in [0.4, 0.5) is 5.69 Å². The fraction of sp³-hybridized carbons (Fsp3) is 0.133. The van der Waals surface area contributed by atoms with E-state index in [4.69, 9.17) is 10.5 Å². The van der Waals surface area contributed by atoms with Crippen molar-refractivity contribution in [3.05, 3.63) is 58.1 Å². The second-order valence-corrected chi connectivity index (χ2v) is 5.18. The van der Waals surface area contributed by atoms with Crippen molar-refractivity contribution in [3.63, 3.8) is 0 Å². The Morgan fingerprint density at radius 2 is 1.89 bits per heavy atom. The van der Waals surface area contributed by atoms with Gasteiger partial charge in [0.05, 0.1) is 5.69 Å². The summed E-state index contributed by atoms with van der Waals surface area (Å²) in [5.74, 6) is 0.462. The molecule has 0 aliphatic rings. The Balaban J connectivity index is 2.02.